The lowest BCUT2D eigenvalue weighted by Gasteiger charge is -2.07. The van der Waals surface area contributed by atoms with Gasteiger partial charge in [0.05, 0.1) is 18.5 Å². The third kappa shape index (κ3) is 3.73. The Morgan fingerprint density at radius 3 is 2.89 bits per heavy atom. The van der Waals surface area contributed by atoms with Gasteiger partial charge in [-0.1, -0.05) is 6.92 Å². The van der Waals surface area contributed by atoms with E-state index in [-0.39, 0.29) is 5.78 Å². The molecule has 0 fully saturated rings. The van der Waals surface area contributed by atoms with E-state index in [1.165, 1.54) is 0 Å². The fraction of sp³-hybridized carbons (Fsp3) is 0.500. The van der Waals surface area contributed by atoms with Crippen molar-refractivity contribution < 1.29 is 4.79 Å². The Balaban J connectivity index is 1.93. The smallest absolute Gasteiger partial charge is 0.145 e. The first-order valence-corrected chi connectivity index (χ1v) is 7.43. The number of aryl methyl sites for hydroxylation is 1. The molecule has 0 bridgehead atoms. The van der Waals surface area contributed by atoms with Crippen LogP contribution in [0.3, 0.4) is 0 Å². The highest BCUT2D eigenvalue weighted by molar-refractivity contribution is 7.09. The Morgan fingerprint density at radius 2 is 2.26 bits per heavy atom. The number of rotatable bonds is 6. The van der Waals surface area contributed by atoms with Gasteiger partial charge in [0.15, 0.2) is 0 Å². The lowest BCUT2D eigenvalue weighted by molar-refractivity contribution is -0.117. The number of ketones is 1. The summed E-state index contributed by atoms with van der Waals surface area (Å²) in [4.78, 5) is 16.3. The van der Waals surface area contributed by atoms with Crippen LogP contribution in [0.1, 0.15) is 42.7 Å². The molecule has 19 heavy (non-hydrogen) atoms. The number of nitrogens with zero attached hydrogens (tertiary/aromatic N) is 3. The van der Waals surface area contributed by atoms with E-state index in [0.29, 0.717) is 18.9 Å². The van der Waals surface area contributed by atoms with Crippen molar-refractivity contribution in [1.29, 1.82) is 0 Å². The van der Waals surface area contributed by atoms with Crippen LogP contribution >= 0.6 is 11.3 Å². The highest BCUT2D eigenvalue weighted by Crippen LogP contribution is 2.12. The van der Waals surface area contributed by atoms with Crippen molar-refractivity contribution in [1.82, 2.24) is 14.8 Å². The van der Waals surface area contributed by atoms with Gasteiger partial charge in [-0.3, -0.25) is 9.48 Å². The summed E-state index contributed by atoms with van der Waals surface area (Å²) in [6.07, 6.45) is 3.79. The van der Waals surface area contributed by atoms with Crippen molar-refractivity contribution in [2.75, 3.05) is 0 Å². The summed E-state index contributed by atoms with van der Waals surface area (Å²) in [5.41, 5.74) is 1.83. The summed E-state index contributed by atoms with van der Waals surface area (Å²) < 4.78 is 1.93. The predicted molar refractivity (Wildman–Crippen MR) is 76.5 cm³/mol. The summed E-state index contributed by atoms with van der Waals surface area (Å²) >= 11 is 1.54. The van der Waals surface area contributed by atoms with Crippen molar-refractivity contribution >= 4 is 17.1 Å². The van der Waals surface area contributed by atoms with Crippen LogP contribution < -0.4 is 0 Å². The fourth-order valence-corrected chi connectivity index (χ4v) is 2.62. The molecule has 5 heteroatoms. The zero-order chi connectivity index (χ0) is 13.8. The second-order valence-corrected chi connectivity index (χ2v) is 5.76. The van der Waals surface area contributed by atoms with E-state index in [4.69, 9.17) is 0 Å². The molecular formula is C14H19N3OS. The normalized spacial score (nSPS) is 12.6. The second kappa shape index (κ2) is 6.10. The first-order chi connectivity index (χ1) is 9.08. The summed E-state index contributed by atoms with van der Waals surface area (Å²) in [5, 5.41) is 7.31. The maximum atomic E-state index is 12.0. The van der Waals surface area contributed by atoms with Gasteiger partial charge in [0.2, 0.25) is 0 Å². The Bertz CT molecular complexity index is 559. The fourth-order valence-electron chi connectivity index (χ4n) is 1.82. The molecule has 0 spiro atoms. The van der Waals surface area contributed by atoms with Crippen LogP contribution in [-0.4, -0.2) is 20.5 Å². The monoisotopic (exact) mass is 277 g/mol. The summed E-state index contributed by atoms with van der Waals surface area (Å²) in [6.45, 7) is 6.19. The molecule has 0 aliphatic heterocycles. The number of hydrogen-bond acceptors (Lipinski definition) is 4. The van der Waals surface area contributed by atoms with Gasteiger partial charge in [0.25, 0.3) is 0 Å². The van der Waals surface area contributed by atoms with E-state index < -0.39 is 0 Å². The molecule has 4 nitrogen and oxygen atoms in total. The molecule has 102 valence electrons. The van der Waals surface area contributed by atoms with Crippen LogP contribution in [0.5, 0.6) is 0 Å². The molecule has 1 unspecified atom stereocenters. The molecular weight excluding hydrogens is 258 g/mol. The Labute approximate surface area is 117 Å². The average molecular weight is 277 g/mol. The summed E-state index contributed by atoms with van der Waals surface area (Å²) in [7, 11) is 0. The van der Waals surface area contributed by atoms with Gasteiger partial charge in [-0.2, -0.15) is 5.10 Å². The third-order valence-electron chi connectivity index (χ3n) is 3.10. The highest BCUT2D eigenvalue weighted by Gasteiger charge is 2.11. The molecule has 0 aliphatic carbocycles. The van der Waals surface area contributed by atoms with E-state index in [9.17, 15) is 4.79 Å². The zero-order valence-corrected chi connectivity index (χ0v) is 12.4. The lowest BCUT2D eigenvalue weighted by Crippen LogP contribution is -2.09. The molecule has 0 N–H and O–H groups in total. The van der Waals surface area contributed by atoms with Crippen LogP contribution in [-0.2, 0) is 17.6 Å². The minimum Gasteiger partial charge on any atom is -0.299 e. The van der Waals surface area contributed by atoms with Crippen LogP contribution in [0.15, 0.2) is 17.6 Å². The first-order valence-electron chi connectivity index (χ1n) is 6.55. The SMILES string of the molecule is CCC(C)n1ccc(CC(=O)Cc2nc(C)cs2)n1. The largest absolute Gasteiger partial charge is 0.299 e. The number of carbonyl (C=O) groups excluding carboxylic acids is 1. The standard InChI is InChI=1S/C14H19N3OS/c1-4-11(3)17-6-5-12(16-17)7-13(18)8-14-15-10(2)9-19-14/h5-6,9,11H,4,7-8H2,1-3H3. The Hall–Kier alpha value is -1.49. The van der Waals surface area contributed by atoms with Gasteiger partial charge >= 0.3 is 0 Å². The topological polar surface area (TPSA) is 47.8 Å². The van der Waals surface area contributed by atoms with Crippen molar-refractivity contribution in [3.05, 3.63) is 34.0 Å². The van der Waals surface area contributed by atoms with Crippen molar-refractivity contribution in [3.8, 4) is 0 Å². The van der Waals surface area contributed by atoms with E-state index in [0.717, 1.165) is 22.8 Å². The maximum absolute atomic E-state index is 12.0. The highest BCUT2D eigenvalue weighted by atomic mass is 32.1. The van der Waals surface area contributed by atoms with Crippen LogP contribution in [0, 0.1) is 6.92 Å². The molecule has 0 aromatic carbocycles. The molecule has 2 aromatic rings. The van der Waals surface area contributed by atoms with Crippen molar-refractivity contribution in [2.24, 2.45) is 0 Å². The molecule has 0 saturated carbocycles. The van der Waals surface area contributed by atoms with Gasteiger partial charge < -0.3 is 0 Å². The Kier molecular flexibility index (Phi) is 4.47. The predicted octanol–water partition coefficient (Wildman–Crippen LogP) is 2.97. The molecule has 0 radical (unpaired) electrons. The van der Waals surface area contributed by atoms with Gasteiger partial charge in [-0.05, 0) is 26.3 Å². The second-order valence-electron chi connectivity index (χ2n) is 4.82. The molecule has 1 atom stereocenters. The number of thiazole rings is 1. The average Bonchev–Trinajstić information content (AvgIpc) is 2.98. The van der Waals surface area contributed by atoms with Crippen LogP contribution in [0.4, 0.5) is 0 Å². The van der Waals surface area contributed by atoms with E-state index in [1.807, 2.05) is 29.2 Å². The molecule has 2 aromatic heterocycles. The third-order valence-corrected chi connectivity index (χ3v) is 4.07. The summed E-state index contributed by atoms with van der Waals surface area (Å²) in [6, 6.07) is 2.31. The molecule has 0 aliphatic rings. The quantitative estimate of drug-likeness (QED) is 0.815. The van der Waals surface area contributed by atoms with Crippen LogP contribution in [0.25, 0.3) is 0 Å². The van der Waals surface area contributed by atoms with Gasteiger partial charge in [0, 0.05) is 23.3 Å². The van der Waals surface area contributed by atoms with Gasteiger partial charge in [-0.15, -0.1) is 11.3 Å². The van der Waals surface area contributed by atoms with Crippen molar-refractivity contribution in [2.45, 2.75) is 46.1 Å². The first kappa shape index (κ1) is 13.9. The minimum absolute atomic E-state index is 0.170. The van der Waals surface area contributed by atoms with Gasteiger partial charge in [0.1, 0.15) is 10.8 Å². The molecule has 2 rings (SSSR count). The molecule has 0 saturated heterocycles. The molecule has 0 amide bonds. The van der Waals surface area contributed by atoms with Gasteiger partial charge in [-0.25, -0.2) is 4.98 Å². The number of carbonyl (C=O) groups is 1. The summed E-state index contributed by atoms with van der Waals surface area (Å²) in [5.74, 6) is 0.170. The Morgan fingerprint density at radius 1 is 1.47 bits per heavy atom. The van der Waals surface area contributed by atoms with Crippen molar-refractivity contribution in [3.63, 3.8) is 0 Å². The molecule has 2 heterocycles. The van der Waals surface area contributed by atoms with E-state index in [2.05, 4.69) is 23.9 Å². The lowest BCUT2D eigenvalue weighted by atomic mass is 10.2. The van der Waals surface area contributed by atoms with Crippen LogP contribution in [0.2, 0.25) is 0 Å². The van der Waals surface area contributed by atoms with E-state index in [1.54, 1.807) is 11.3 Å². The minimum atomic E-state index is 0.170. The maximum Gasteiger partial charge on any atom is 0.145 e. The van der Waals surface area contributed by atoms with E-state index >= 15 is 0 Å². The number of Topliss-reactive ketones (excluding diaryl/α,β-unsaturated/α-hetero) is 1. The zero-order valence-electron chi connectivity index (χ0n) is 11.6. The number of aromatic nitrogens is 3. The number of hydrogen-bond donors (Lipinski definition) is 0.